The van der Waals surface area contributed by atoms with E-state index in [9.17, 15) is 9.59 Å². The van der Waals surface area contributed by atoms with Crippen LogP contribution >= 0.6 is 0 Å². The van der Waals surface area contributed by atoms with E-state index in [2.05, 4.69) is 15.3 Å². The maximum atomic E-state index is 11.8. The van der Waals surface area contributed by atoms with Crippen molar-refractivity contribution in [1.29, 1.82) is 0 Å². The summed E-state index contributed by atoms with van der Waals surface area (Å²) in [5.74, 6) is 0.138. The number of rotatable bonds is 3. The fourth-order valence-corrected chi connectivity index (χ4v) is 2.36. The molecule has 1 aliphatic carbocycles. The summed E-state index contributed by atoms with van der Waals surface area (Å²) in [7, 11) is 0. The van der Waals surface area contributed by atoms with Crippen LogP contribution in [0.1, 0.15) is 23.2 Å². The average Bonchev–Trinajstić information content (AvgIpc) is 2.95. The SMILES string of the molecule is O=C(Nc1nc2c(c(=O)[nH]1)CCC2)OCc1ccccc1. The molecule has 0 saturated carbocycles. The Labute approximate surface area is 121 Å². The van der Waals surface area contributed by atoms with E-state index < -0.39 is 6.09 Å². The molecule has 0 spiro atoms. The minimum Gasteiger partial charge on any atom is -0.444 e. The summed E-state index contributed by atoms with van der Waals surface area (Å²) in [4.78, 5) is 30.3. The van der Waals surface area contributed by atoms with Crippen LogP contribution in [0.3, 0.4) is 0 Å². The van der Waals surface area contributed by atoms with E-state index in [0.29, 0.717) is 0 Å². The highest BCUT2D eigenvalue weighted by Crippen LogP contribution is 2.16. The lowest BCUT2D eigenvalue weighted by Gasteiger charge is -2.07. The van der Waals surface area contributed by atoms with Crippen LogP contribution in [-0.2, 0) is 24.2 Å². The van der Waals surface area contributed by atoms with Crippen molar-refractivity contribution in [3.8, 4) is 0 Å². The minimum atomic E-state index is -0.639. The lowest BCUT2D eigenvalue weighted by atomic mass is 10.2. The van der Waals surface area contributed by atoms with Crippen LogP contribution < -0.4 is 10.9 Å². The number of hydrogen-bond acceptors (Lipinski definition) is 4. The molecular formula is C15H15N3O3. The number of nitrogens with one attached hydrogen (secondary N) is 2. The van der Waals surface area contributed by atoms with Crippen LogP contribution in [-0.4, -0.2) is 16.1 Å². The van der Waals surface area contributed by atoms with Gasteiger partial charge < -0.3 is 4.74 Å². The molecule has 0 aliphatic heterocycles. The van der Waals surface area contributed by atoms with Crippen molar-refractivity contribution >= 4 is 12.0 Å². The number of aryl methyl sites for hydroxylation is 1. The van der Waals surface area contributed by atoms with Crippen molar-refractivity contribution < 1.29 is 9.53 Å². The second-order valence-corrected chi connectivity index (χ2v) is 4.88. The first kappa shape index (κ1) is 13.4. The van der Waals surface area contributed by atoms with Gasteiger partial charge in [-0.15, -0.1) is 0 Å². The van der Waals surface area contributed by atoms with Gasteiger partial charge in [0.2, 0.25) is 5.95 Å². The van der Waals surface area contributed by atoms with Gasteiger partial charge in [0, 0.05) is 5.56 Å². The summed E-state index contributed by atoms with van der Waals surface area (Å²) in [6.45, 7) is 0.168. The van der Waals surface area contributed by atoms with Gasteiger partial charge >= 0.3 is 6.09 Å². The summed E-state index contributed by atoms with van der Waals surface area (Å²) in [6, 6.07) is 9.36. The molecule has 2 N–H and O–H groups in total. The molecular weight excluding hydrogens is 270 g/mol. The number of fused-ring (bicyclic) bond motifs is 1. The predicted molar refractivity (Wildman–Crippen MR) is 77.1 cm³/mol. The van der Waals surface area contributed by atoms with E-state index in [1.54, 1.807) is 0 Å². The topological polar surface area (TPSA) is 84.1 Å². The Balaban J connectivity index is 1.63. The van der Waals surface area contributed by atoms with E-state index >= 15 is 0 Å². The molecule has 21 heavy (non-hydrogen) atoms. The van der Waals surface area contributed by atoms with Gasteiger partial charge in [-0.2, -0.15) is 0 Å². The third-order valence-corrected chi connectivity index (χ3v) is 3.37. The molecule has 1 heterocycles. The van der Waals surface area contributed by atoms with Crippen molar-refractivity contribution in [2.24, 2.45) is 0 Å². The smallest absolute Gasteiger partial charge is 0.414 e. The summed E-state index contributed by atoms with van der Waals surface area (Å²) in [6.07, 6.45) is 1.80. The van der Waals surface area contributed by atoms with Crippen molar-refractivity contribution in [2.45, 2.75) is 25.9 Å². The van der Waals surface area contributed by atoms with E-state index in [-0.39, 0.29) is 18.1 Å². The Hall–Kier alpha value is -2.63. The third-order valence-electron chi connectivity index (χ3n) is 3.37. The maximum Gasteiger partial charge on any atom is 0.414 e. The molecule has 0 saturated heterocycles. The van der Waals surface area contributed by atoms with Gasteiger partial charge in [-0.05, 0) is 24.8 Å². The number of benzene rings is 1. The first-order valence-electron chi connectivity index (χ1n) is 6.82. The quantitative estimate of drug-likeness (QED) is 0.903. The summed E-state index contributed by atoms with van der Waals surface area (Å²) in [5.41, 5.74) is 2.19. The lowest BCUT2D eigenvalue weighted by molar-refractivity contribution is 0.155. The monoisotopic (exact) mass is 285 g/mol. The fourth-order valence-electron chi connectivity index (χ4n) is 2.36. The van der Waals surface area contributed by atoms with Crippen LogP contribution in [0.15, 0.2) is 35.1 Å². The van der Waals surface area contributed by atoms with Crippen molar-refractivity contribution in [2.75, 3.05) is 5.32 Å². The Morgan fingerprint density at radius 2 is 2.10 bits per heavy atom. The van der Waals surface area contributed by atoms with Gasteiger partial charge in [0.05, 0.1) is 5.69 Å². The van der Waals surface area contributed by atoms with Crippen LogP contribution in [0.4, 0.5) is 10.7 Å². The number of amides is 1. The molecule has 0 radical (unpaired) electrons. The Kier molecular flexibility index (Phi) is 3.68. The van der Waals surface area contributed by atoms with Crippen molar-refractivity contribution in [3.63, 3.8) is 0 Å². The second-order valence-electron chi connectivity index (χ2n) is 4.88. The number of aromatic nitrogens is 2. The standard InChI is InChI=1S/C15H15N3O3/c19-13-11-7-4-8-12(11)16-14(17-13)18-15(20)21-9-10-5-2-1-3-6-10/h1-3,5-6H,4,7-9H2,(H2,16,17,18,19,20). The number of carbonyl (C=O) groups excluding carboxylic acids is 1. The highest BCUT2D eigenvalue weighted by Gasteiger charge is 2.17. The van der Waals surface area contributed by atoms with E-state index in [1.165, 1.54) is 0 Å². The zero-order valence-corrected chi connectivity index (χ0v) is 11.4. The number of hydrogen-bond donors (Lipinski definition) is 2. The van der Waals surface area contributed by atoms with Gasteiger partial charge in [0.25, 0.3) is 5.56 Å². The number of carbonyl (C=O) groups is 1. The fraction of sp³-hybridized carbons (Fsp3) is 0.267. The van der Waals surface area contributed by atoms with E-state index in [0.717, 1.165) is 36.1 Å². The number of nitrogens with zero attached hydrogens (tertiary/aromatic N) is 1. The molecule has 6 heteroatoms. The normalized spacial score (nSPS) is 12.8. The first-order valence-corrected chi connectivity index (χ1v) is 6.82. The first-order chi connectivity index (χ1) is 10.2. The molecule has 2 aromatic rings. The Morgan fingerprint density at radius 1 is 1.29 bits per heavy atom. The molecule has 6 nitrogen and oxygen atoms in total. The van der Waals surface area contributed by atoms with Crippen molar-refractivity contribution in [1.82, 2.24) is 9.97 Å². The Bertz CT molecular complexity index is 710. The van der Waals surface area contributed by atoms with Gasteiger partial charge in [0.15, 0.2) is 0 Å². The third kappa shape index (κ3) is 3.10. The molecule has 1 aliphatic rings. The maximum absolute atomic E-state index is 11.8. The number of aromatic amines is 1. The van der Waals surface area contributed by atoms with Crippen LogP contribution in [0.25, 0.3) is 0 Å². The molecule has 0 fully saturated rings. The molecule has 3 rings (SSSR count). The van der Waals surface area contributed by atoms with Crippen LogP contribution in [0.2, 0.25) is 0 Å². The van der Waals surface area contributed by atoms with E-state index in [1.807, 2.05) is 30.3 Å². The number of anilines is 1. The largest absolute Gasteiger partial charge is 0.444 e. The Morgan fingerprint density at radius 3 is 2.90 bits per heavy atom. The second kappa shape index (κ2) is 5.78. The molecule has 1 amide bonds. The summed E-state index contributed by atoms with van der Waals surface area (Å²) in [5, 5.41) is 2.45. The van der Waals surface area contributed by atoms with Crippen LogP contribution in [0.5, 0.6) is 0 Å². The highest BCUT2D eigenvalue weighted by atomic mass is 16.5. The van der Waals surface area contributed by atoms with E-state index in [4.69, 9.17) is 4.74 Å². The van der Waals surface area contributed by atoms with Gasteiger partial charge in [-0.1, -0.05) is 30.3 Å². The predicted octanol–water partition coefficient (Wildman–Crippen LogP) is 2.01. The molecule has 108 valence electrons. The van der Waals surface area contributed by atoms with Gasteiger partial charge in [-0.25, -0.2) is 9.78 Å². The summed E-state index contributed by atoms with van der Waals surface area (Å²) < 4.78 is 5.08. The average molecular weight is 285 g/mol. The number of H-pyrrole nitrogens is 1. The summed E-state index contributed by atoms with van der Waals surface area (Å²) >= 11 is 0. The molecule has 1 aromatic carbocycles. The van der Waals surface area contributed by atoms with Gasteiger partial charge in [-0.3, -0.25) is 15.1 Å². The molecule has 0 atom stereocenters. The van der Waals surface area contributed by atoms with Gasteiger partial charge in [0.1, 0.15) is 6.61 Å². The zero-order valence-electron chi connectivity index (χ0n) is 11.4. The molecule has 0 bridgehead atoms. The highest BCUT2D eigenvalue weighted by molar-refractivity contribution is 5.82. The van der Waals surface area contributed by atoms with Crippen molar-refractivity contribution in [3.05, 3.63) is 57.5 Å². The molecule has 1 aromatic heterocycles. The molecule has 0 unspecified atom stereocenters. The lowest BCUT2D eigenvalue weighted by Crippen LogP contribution is -2.21. The zero-order chi connectivity index (χ0) is 14.7. The minimum absolute atomic E-state index is 0.138. The number of ether oxygens (including phenoxy) is 1. The van der Waals surface area contributed by atoms with Crippen LogP contribution in [0, 0.1) is 0 Å².